The number of aromatic amines is 1. The van der Waals surface area contributed by atoms with Gasteiger partial charge in [0.15, 0.2) is 0 Å². The van der Waals surface area contributed by atoms with E-state index >= 15 is 0 Å². The van der Waals surface area contributed by atoms with E-state index in [1.165, 1.54) is 0 Å². The first kappa shape index (κ1) is 18.8. The van der Waals surface area contributed by atoms with Gasteiger partial charge in [-0.15, -0.1) is 0 Å². The molecule has 0 unspecified atom stereocenters. The summed E-state index contributed by atoms with van der Waals surface area (Å²) in [7, 11) is 3.18. The van der Waals surface area contributed by atoms with Crippen molar-refractivity contribution in [2.75, 3.05) is 19.5 Å². The maximum Gasteiger partial charge on any atom is 0.228 e. The van der Waals surface area contributed by atoms with Gasteiger partial charge in [0.1, 0.15) is 17.3 Å². The van der Waals surface area contributed by atoms with Gasteiger partial charge in [0.25, 0.3) is 0 Å². The first-order valence-electron chi connectivity index (χ1n) is 9.12. The van der Waals surface area contributed by atoms with Crippen LogP contribution in [0.25, 0.3) is 11.0 Å². The van der Waals surface area contributed by atoms with E-state index in [0.29, 0.717) is 11.5 Å². The molecule has 1 heterocycles. The van der Waals surface area contributed by atoms with Crippen molar-refractivity contribution in [2.24, 2.45) is 0 Å². The van der Waals surface area contributed by atoms with Gasteiger partial charge in [-0.05, 0) is 30.7 Å². The molecular formula is C21H25N3O3. The van der Waals surface area contributed by atoms with E-state index in [-0.39, 0.29) is 12.3 Å². The number of hydrogen-bond acceptors (Lipinski definition) is 4. The second-order valence-corrected chi connectivity index (χ2v) is 6.42. The standard InChI is InChI=1S/C21H25N3O3/c1-4-5-6-20-23-17-10-8-15(12-18(17)24-20)22-21(25)11-14-7-9-16(26-2)13-19(14)27-3/h7-10,12-13H,4-6,11H2,1-3H3,(H,22,25)(H,23,24). The molecule has 0 spiro atoms. The molecule has 2 aromatic carbocycles. The number of H-pyrrole nitrogens is 1. The average Bonchev–Trinajstić information content (AvgIpc) is 3.08. The summed E-state index contributed by atoms with van der Waals surface area (Å²) in [6, 6.07) is 11.1. The van der Waals surface area contributed by atoms with Gasteiger partial charge in [0.2, 0.25) is 5.91 Å². The van der Waals surface area contributed by atoms with E-state index in [1.54, 1.807) is 20.3 Å². The van der Waals surface area contributed by atoms with Crippen molar-refractivity contribution in [1.29, 1.82) is 0 Å². The smallest absolute Gasteiger partial charge is 0.228 e. The molecule has 27 heavy (non-hydrogen) atoms. The zero-order valence-electron chi connectivity index (χ0n) is 16.0. The number of rotatable bonds is 8. The molecule has 2 N–H and O–H groups in total. The number of fused-ring (bicyclic) bond motifs is 1. The minimum Gasteiger partial charge on any atom is -0.497 e. The maximum atomic E-state index is 12.5. The Morgan fingerprint density at radius 1 is 1.15 bits per heavy atom. The summed E-state index contributed by atoms with van der Waals surface area (Å²) in [4.78, 5) is 20.4. The Bertz CT molecular complexity index is 934. The quantitative estimate of drug-likeness (QED) is 0.628. The van der Waals surface area contributed by atoms with Crippen LogP contribution in [-0.4, -0.2) is 30.1 Å². The first-order chi connectivity index (χ1) is 13.1. The molecule has 0 saturated heterocycles. The summed E-state index contributed by atoms with van der Waals surface area (Å²) in [5, 5.41) is 2.94. The van der Waals surface area contributed by atoms with Gasteiger partial charge in [0, 0.05) is 23.7 Å². The highest BCUT2D eigenvalue weighted by atomic mass is 16.5. The normalized spacial score (nSPS) is 10.8. The van der Waals surface area contributed by atoms with E-state index in [0.717, 1.165) is 47.4 Å². The van der Waals surface area contributed by atoms with E-state index in [4.69, 9.17) is 9.47 Å². The van der Waals surface area contributed by atoms with Crippen LogP contribution < -0.4 is 14.8 Å². The fourth-order valence-electron chi connectivity index (χ4n) is 2.98. The molecule has 0 bridgehead atoms. The third-order valence-corrected chi connectivity index (χ3v) is 4.43. The fourth-order valence-corrected chi connectivity index (χ4v) is 2.98. The molecule has 0 radical (unpaired) electrons. The van der Waals surface area contributed by atoms with E-state index in [9.17, 15) is 4.79 Å². The summed E-state index contributed by atoms with van der Waals surface area (Å²) in [6.45, 7) is 2.16. The maximum absolute atomic E-state index is 12.5. The number of imidazole rings is 1. The predicted molar refractivity (Wildman–Crippen MR) is 107 cm³/mol. The van der Waals surface area contributed by atoms with Gasteiger partial charge < -0.3 is 19.8 Å². The van der Waals surface area contributed by atoms with Gasteiger partial charge in [0.05, 0.1) is 31.7 Å². The topological polar surface area (TPSA) is 76.2 Å². The molecule has 0 aliphatic carbocycles. The molecule has 3 rings (SSSR count). The van der Waals surface area contributed by atoms with E-state index < -0.39 is 0 Å². The highest BCUT2D eigenvalue weighted by Crippen LogP contribution is 2.25. The fraction of sp³-hybridized carbons (Fsp3) is 0.333. The third kappa shape index (κ3) is 4.58. The lowest BCUT2D eigenvalue weighted by Crippen LogP contribution is -2.14. The summed E-state index contributed by atoms with van der Waals surface area (Å²) >= 11 is 0. The Labute approximate surface area is 158 Å². The number of amides is 1. The lowest BCUT2D eigenvalue weighted by molar-refractivity contribution is -0.115. The minimum absolute atomic E-state index is 0.108. The average molecular weight is 367 g/mol. The van der Waals surface area contributed by atoms with Crippen molar-refractivity contribution in [3.8, 4) is 11.5 Å². The molecule has 3 aromatic rings. The molecule has 0 atom stereocenters. The Hall–Kier alpha value is -3.02. The SMILES string of the molecule is CCCCc1nc2ccc(NC(=O)Cc3ccc(OC)cc3OC)cc2[nH]1. The Balaban J connectivity index is 1.70. The Morgan fingerprint density at radius 3 is 2.74 bits per heavy atom. The van der Waals surface area contributed by atoms with Gasteiger partial charge in [-0.2, -0.15) is 0 Å². The summed E-state index contributed by atoms with van der Waals surface area (Å²) in [6.07, 6.45) is 3.39. The Morgan fingerprint density at radius 2 is 2.00 bits per heavy atom. The number of aryl methyl sites for hydroxylation is 1. The zero-order valence-corrected chi connectivity index (χ0v) is 16.0. The summed E-state index contributed by atoms with van der Waals surface area (Å²) in [5.41, 5.74) is 3.39. The van der Waals surface area contributed by atoms with Gasteiger partial charge in [-0.25, -0.2) is 4.98 Å². The van der Waals surface area contributed by atoms with Crippen LogP contribution in [0.3, 0.4) is 0 Å². The minimum atomic E-state index is -0.108. The molecule has 6 nitrogen and oxygen atoms in total. The summed E-state index contributed by atoms with van der Waals surface area (Å²) in [5.74, 6) is 2.20. The van der Waals surface area contributed by atoms with Crippen molar-refractivity contribution < 1.29 is 14.3 Å². The number of carbonyl (C=O) groups is 1. The first-order valence-corrected chi connectivity index (χ1v) is 9.12. The van der Waals surface area contributed by atoms with E-state index in [1.807, 2.05) is 30.3 Å². The number of ether oxygens (including phenoxy) is 2. The van der Waals surface area contributed by atoms with E-state index in [2.05, 4.69) is 22.2 Å². The molecule has 0 aliphatic heterocycles. The van der Waals surface area contributed by atoms with Crippen molar-refractivity contribution in [2.45, 2.75) is 32.6 Å². The number of benzene rings is 2. The van der Waals surface area contributed by atoms with Crippen LogP contribution in [0.1, 0.15) is 31.2 Å². The molecular weight excluding hydrogens is 342 g/mol. The van der Waals surface area contributed by atoms with Gasteiger partial charge >= 0.3 is 0 Å². The second kappa shape index (κ2) is 8.58. The molecule has 142 valence electrons. The van der Waals surface area contributed by atoms with Crippen molar-refractivity contribution in [1.82, 2.24) is 9.97 Å². The summed E-state index contributed by atoms with van der Waals surface area (Å²) < 4.78 is 10.5. The van der Waals surface area contributed by atoms with Crippen LogP contribution in [0.15, 0.2) is 36.4 Å². The molecule has 1 amide bonds. The number of nitrogens with one attached hydrogen (secondary N) is 2. The van der Waals surface area contributed by atoms with Crippen LogP contribution >= 0.6 is 0 Å². The van der Waals surface area contributed by atoms with Crippen LogP contribution in [0.2, 0.25) is 0 Å². The lowest BCUT2D eigenvalue weighted by atomic mass is 10.1. The number of unbranched alkanes of at least 4 members (excludes halogenated alkanes) is 1. The zero-order chi connectivity index (χ0) is 19.2. The molecule has 0 aliphatic rings. The van der Waals surface area contributed by atoms with Crippen LogP contribution in [0.5, 0.6) is 11.5 Å². The second-order valence-electron chi connectivity index (χ2n) is 6.42. The number of anilines is 1. The van der Waals surface area contributed by atoms with Crippen molar-refractivity contribution >= 4 is 22.6 Å². The van der Waals surface area contributed by atoms with Crippen molar-refractivity contribution in [3.05, 3.63) is 47.8 Å². The van der Waals surface area contributed by atoms with Gasteiger partial charge in [-0.1, -0.05) is 19.4 Å². The molecule has 6 heteroatoms. The molecule has 1 aromatic heterocycles. The van der Waals surface area contributed by atoms with Crippen LogP contribution in [-0.2, 0) is 17.6 Å². The number of hydrogen-bond donors (Lipinski definition) is 2. The number of methoxy groups -OCH3 is 2. The predicted octanol–water partition coefficient (Wildman–Crippen LogP) is 4.10. The number of carbonyl (C=O) groups excluding carboxylic acids is 1. The van der Waals surface area contributed by atoms with Crippen molar-refractivity contribution in [3.63, 3.8) is 0 Å². The molecule has 0 saturated carbocycles. The van der Waals surface area contributed by atoms with Gasteiger partial charge in [-0.3, -0.25) is 4.79 Å². The highest BCUT2D eigenvalue weighted by molar-refractivity contribution is 5.94. The third-order valence-electron chi connectivity index (χ3n) is 4.43. The van der Waals surface area contributed by atoms with Crippen LogP contribution in [0.4, 0.5) is 5.69 Å². The van der Waals surface area contributed by atoms with Crippen LogP contribution in [0, 0.1) is 0 Å². The largest absolute Gasteiger partial charge is 0.497 e. The highest BCUT2D eigenvalue weighted by Gasteiger charge is 2.11. The lowest BCUT2D eigenvalue weighted by Gasteiger charge is -2.11. The monoisotopic (exact) mass is 367 g/mol. The number of nitrogens with zero attached hydrogens (tertiary/aromatic N) is 1. The molecule has 0 fully saturated rings. The number of aromatic nitrogens is 2. The Kier molecular flexibility index (Phi) is 5.96.